The van der Waals surface area contributed by atoms with E-state index in [0.29, 0.717) is 13.0 Å². The minimum Gasteiger partial charge on any atom is -0.355 e. The van der Waals surface area contributed by atoms with Crippen LogP contribution in [0.5, 0.6) is 0 Å². The van der Waals surface area contributed by atoms with Gasteiger partial charge in [-0.1, -0.05) is 18.2 Å². The number of aromatic nitrogens is 2. The highest BCUT2D eigenvalue weighted by Gasteiger charge is 2.29. The highest BCUT2D eigenvalue weighted by molar-refractivity contribution is 5.91. The highest BCUT2D eigenvalue weighted by Crippen LogP contribution is 2.35. The Morgan fingerprint density at radius 2 is 1.79 bits per heavy atom. The Bertz CT molecular complexity index is 890. The number of hydrogen-bond donors (Lipinski definition) is 0. The number of aryl methyl sites for hydroxylation is 1. The third kappa shape index (κ3) is 2.40. The molecule has 2 aromatic carbocycles. The molecule has 0 N–H and O–H groups in total. The second-order valence-corrected chi connectivity index (χ2v) is 6.24. The molecule has 1 atom stereocenters. The van der Waals surface area contributed by atoms with Crippen molar-refractivity contribution in [3.8, 4) is 0 Å². The average Bonchev–Trinajstić information content (AvgIpc) is 3.04. The summed E-state index contributed by atoms with van der Waals surface area (Å²) >= 11 is 0. The quantitative estimate of drug-likeness (QED) is 0.707. The van der Waals surface area contributed by atoms with Crippen molar-refractivity contribution in [3.05, 3.63) is 65.5 Å². The van der Waals surface area contributed by atoms with Crippen molar-refractivity contribution in [3.63, 3.8) is 0 Å². The zero-order valence-corrected chi connectivity index (χ0v) is 13.3. The summed E-state index contributed by atoms with van der Waals surface area (Å²) in [5, 5.41) is 0.979. The first kappa shape index (κ1) is 15.0. The molecule has 1 unspecified atom stereocenters. The van der Waals surface area contributed by atoms with Crippen LogP contribution in [-0.4, -0.2) is 23.1 Å². The van der Waals surface area contributed by atoms with Gasteiger partial charge >= 0.3 is 0 Å². The molecule has 5 heteroatoms. The van der Waals surface area contributed by atoms with Crippen LogP contribution in [0, 0.1) is 18.6 Å². The van der Waals surface area contributed by atoms with Crippen LogP contribution in [0.25, 0.3) is 10.9 Å². The first-order chi connectivity index (χ1) is 11.6. The van der Waals surface area contributed by atoms with E-state index in [1.54, 1.807) is 6.33 Å². The molecule has 1 aliphatic heterocycles. The van der Waals surface area contributed by atoms with Crippen molar-refractivity contribution >= 4 is 16.7 Å². The fourth-order valence-corrected chi connectivity index (χ4v) is 3.56. The molecule has 0 saturated carbocycles. The van der Waals surface area contributed by atoms with Crippen LogP contribution < -0.4 is 4.90 Å². The van der Waals surface area contributed by atoms with Crippen LogP contribution >= 0.6 is 0 Å². The molecule has 3 aromatic rings. The molecule has 2 heterocycles. The molecule has 1 fully saturated rings. The zero-order chi connectivity index (χ0) is 16.7. The average molecular weight is 325 g/mol. The van der Waals surface area contributed by atoms with Crippen molar-refractivity contribution in [2.75, 3.05) is 18.0 Å². The maximum atomic E-state index is 14.1. The molecule has 122 valence electrons. The second kappa shape index (κ2) is 5.82. The number of fused-ring (bicyclic) bond motifs is 1. The Labute approximate surface area is 139 Å². The van der Waals surface area contributed by atoms with Gasteiger partial charge in [0, 0.05) is 30.0 Å². The lowest BCUT2D eigenvalue weighted by Crippen LogP contribution is -2.21. The largest absolute Gasteiger partial charge is 0.355 e. The van der Waals surface area contributed by atoms with Crippen LogP contribution in [0.3, 0.4) is 0 Å². The molecule has 3 nitrogen and oxygen atoms in total. The predicted octanol–water partition coefficient (Wildman–Crippen LogP) is 4.21. The lowest BCUT2D eigenvalue weighted by Gasteiger charge is -2.20. The Balaban J connectivity index is 1.70. The summed E-state index contributed by atoms with van der Waals surface area (Å²) in [4.78, 5) is 10.9. The molecule has 0 amide bonds. The summed E-state index contributed by atoms with van der Waals surface area (Å²) in [5.74, 6) is -0.264. The van der Waals surface area contributed by atoms with E-state index < -0.39 is 11.6 Å². The van der Waals surface area contributed by atoms with Crippen LogP contribution in [0.4, 0.5) is 14.6 Å². The van der Waals surface area contributed by atoms with Crippen molar-refractivity contribution < 1.29 is 8.78 Å². The van der Waals surface area contributed by atoms with Gasteiger partial charge in [-0.15, -0.1) is 0 Å². The fraction of sp³-hybridized carbons (Fsp3) is 0.263. The van der Waals surface area contributed by atoms with Gasteiger partial charge in [0.2, 0.25) is 0 Å². The molecular weight excluding hydrogens is 308 g/mol. The number of anilines is 1. The smallest absolute Gasteiger partial charge is 0.139 e. The molecule has 0 aliphatic carbocycles. The molecule has 4 rings (SSSR count). The maximum Gasteiger partial charge on any atom is 0.139 e. The van der Waals surface area contributed by atoms with Gasteiger partial charge in [0.05, 0.1) is 5.52 Å². The first-order valence-electron chi connectivity index (χ1n) is 8.04. The number of benzene rings is 2. The summed E-state index contributed by atoms with van der Waals surface area (Å²) in [6.07, 6.45) is 2.26. The second-order valence-electron chi connectivity index (χ2n) is 6.24. The lowest BCUT2D eigenvalue weighted by atomic mass is 9.97. The van der Waals surface area contributed by atoms with Gasteiger partial charge in [0.15, 0.2) is 0 Å². The molecule has 0 radical (unpaired) electrons. The Hall–Kier alpha value is -2.56. The lowest BCUT2D eigenvalue weighted by molar-refractivity contribution is 0.533. The van der Waals surface area contributed by atoms with E-state index in [1.165, 1.54) is 18.2 Å². The number of para-hydroxylation sites is 1. The topological polar surface area (TPSA) is 29.0 Å². The third-order valence-electron chi connectivity index (χ3n) is 4.74. The van der Waals surface area contributed by atoms with Gasteiger partial charge in [-0.05, 0) is 37.1 Å². The first-order valence-corrected chi connectivity index (χ1v) is 8.04. The molecule has 24 heavy (non-hydrogen) atoms. The third-order valence-corrected chi connectivity index (χ3v) is 4.74. The Morgan fingerprint density at radius 1 is 1.04 bits per heavy atom. The zero-order valence-electron chi connectivity index (χ0n) is 13.3. The summed E-state index contributed by atoms with van der Waals surface area (Å²) in [5.41, 5.74) is 2.20. The SMILES string of the molecule is Cc1cccc2c(N3CCC(c4c(F)cccc4F)C3)ncnc12. The van der Waals surface area contributed by atoms with Crippen molar-refractivity contribution in [2.45, 2.75) is 19.3 Å². The predicted molar refractivity (Wildman–Crippen MR) is 90.2 cm³/mol. The van der Waals surface area contributed by atoms with Gasteiger partial charge in [-0.25, -0.2) is 18.7 Å². The van der Waals surface area contributed by atoms with E-state index >= 15 is 0 Å². The normalized spacial score (nSPS) is 17.6. The van der Waals surface area contributed by atoms with Gasteiger partial charge < -0.3 is 4.90 Å². The van der Waals surface area contributed by atoms with Gasteiger partial charge in [-0.2, -0.15) is 0 Å². The van der Waals surface area contributed by atoms with E-state index in [1.807, 2.05) is 25.1 Å². The van der Waals surface area contributed by atoms with Gasteiger partial charge in [-0.3, -0.25) is 0 Å². The van der Waals surface area contributed by atoms with E-state index in [0.717, 1.165) is 28.8 Å². The van der Waals surface area contributed by atoms with E-state index in [2.05, 4.69) is 14.9 Å². The summed E-state index contributed by atoms with van der Waals surface area (Å²) < 4.78 is 28.1. The van der Waals surface area contributed by atoms with Crippen LogP contribution in [0.15, 0.2) is 42.7 Å². The molecule has 1 aromatic heterocycles. The van der Waals surface area contributed by atoms with E-state index in [-0.39, 0.29) is 11.5 Å². The Kier molecular flexibility index (Phi) is 3.63. The van der Waals surface area contributed by atoms with Crippen LogP contribution in [-0.2, 0) is 0 Å². The maximum absolute atomic E-state index is 14.1. The Morgan fingerprint density at radius 3 is 2.58 bits per heavy atom. The minimum absolute atomic E-state index is 0.166. The highest BCUT2D eigenvalue weighted by atomic mass is 19.1. The van der Waals surface area contributed by atoms with Crippen molar-refractivity contribution in [1.82, 2.24) is 9.97 Å². The number of rotatable bonds is 2. The summed E-state index contributed by atoms with van der Waals surface area (Å²) in [6.45, 7) is 3.29. The standard InChI is InChI=1S/C19H17F2N3/c1-12-4-2-5-14-18(12)22-11-23-19(14)24-9-8-13(10-24)17-15(20)6-3-7-16(17)21/h2-7,11,13H,8-10H2,1H3. The van der Waals surface area contributed by atoms with Crippen molar-refractivity contribution in [2.24, 2.45) is 0 Å². The van der Waals surface area contributed by atoms with Crippen LogP contribution in [0.2, 0.25) is 0 Å². The van der Waals surface area contributed by atoms with Crippen molar-refractivity contribution in [1.29, 1.82) is 0 Å². The number of halogens is 2. The number of hydrogen-bond acceptors (Lipinski definition) is 3. The van der Waals surface area contributed by atoms with Gasteiger partial charge in [0.1, 0.15) is 23.8 Å². The molecule has 1 aliphatic rings. The van der Waals surface area contributed by atoms with E-state index in [9.17, 15) is 8.78 Å². The molecule has 0 bridgehead atoms. The van der Waals surface area contributed by atoms with E-state index in [4.69, 9.17) is 0 Å². The fourth-order valence-electron chi connectivity index (χ4n) is 3.56. The minimum atomic E-state index is -0.467. The van der Waals surface area contributed by atoms with Crippen LogP contribution in [0.1, 0.15) is 23.5 Å². The molecular formula is C19H17F2N3. The molecule has 0 spiro atoms. The monoisotopic (exact) mass is 325 g/mol. The number of nitrogens with zero attached hydrogens (tertiary/aromatic N) is 3. The summed E-state index contributed by atoms with van der Waals surface area (Å²) in [6, 6.07) is 10.0. The molecule has 1 saturated heterocycles. The summed E-state index contributed by atoms with van der Waals surface area (Å²) in [7, 11) is 0. The van der Waals surface area contributed by atoms with Gasteiger partial charge in [0.25, 0.3) is 0 Å².